The molecule has 0 aliphatic rings. The van der Waals surface area contributed by atoms with Crippen molar-refractivity contribution in [3.63, 3.8) is 0 Å². The van der Waals surface area contributed by atoms with E-state index in [2.05, 4.69) is 6.92 Å². The Labute approximate surface area is 122 Å². The van der Waals surface area contributed by atoms with E-state index in [1.54, 1.807) is 11.8 Å². The number of rotatable bonds is 10. The topological polar surface area (TPSA) is 55.8 Å². The zero-order valence-corrected chi connectivity index (χ0v) is 13.3. The Morgan fingerprint density at radius 3 is 2.25 bits per heavy atom. The van der Waals surface area contributed by atoms with Crippen LogP contribution in [0.2, 0.25) is 0 Å². The molecule has 0 spiro atoms. The number of nitrogens with zero attached hydrogens (tertiary/aromatic N) is 1. The van der Waals surface area contributed by atoms with Crippen molar-refractivity contribution in [2.24, 2.45) is 0 Å². The van der Waals surface area contributed by atoms with Gasteiger partial charge in [0, 0.05) is 12.6 Å². The molecule has 0 saturated heterocycles. The van der Waals surface area contributed by atoms with Crippen LogP contribution >= 0.6 is 0 Å². The number of esters is 1. The fraction of sp³-hybridized carbons (Fsp3) is 0.867. The third-order valence-corrected chi connectivity index (χ3v) is 3.01. The summed E-state index contributed by atoms with van der Waals surface area (Å²) in [5.74, 6) is -0.253. The lowest BCUT2D eigenvalue weighted by Gasteiger charge is -2.27. The Morgan fingerprint density at radius 2 is 1.70 bits per heavy atom. The number of hydrogen-bond acceptors (Lipinski definition) is 4. The van der Waals surface area contributed by atoms with Gasteiger partial charge < -0.3 is 14.4 Å². The van der Waals surface area contributed by atoms with E-state index in [-0.39, 0.29) is 24.5 Å². The smallest absolute Gasteiger partial charge is 0.409 e. The number of carbonyl (C=O) groups excluding carboxylic acids is 2. The third kappa shape index (κ3) is 8.02. The molecule has 0 aliphatic carbocycles. The largest absolute Gasteiger partial charge is 0.466 e. The van der Waals surface area contributed by atoms with Gasteiger partial charge in [-0.2, -0.15) is 0 Å². The predicted octanol–water partition coefficient (Wildman–Crippen LogP) is 3.37. The Balaban J connectivity index is 4.33. The summed E-state index contributed by atoms with van der Waals surface area (Å²) in [6.45, 7) is 9.15. The van der Waals surface area contributed by atoms with Gasteiger partial charge in [0.1, 0.15) is 0 Å². The minimum Gasteiger partial charge on any atom is -0.466 e. The highest BCUT2D eigenvalue weighted by atomic mass is 16.6. The summed E-state index contributed by atoms with van der Waals surface area (Å²) in [5, 5.41) is 0. The predicted molar refractivity (Wildman–Crippen MR) is 78.6 cm³/mol. The fourth-order valence-electron chi connectivity index (χ4n) is 1.77. The Kier molecular flexibility index (Phi) is 10.8. The molecule has 0 aromatic carbocycles. The number of ether oxygens (including phenoxy) is 2. The Hall–Kier alpha value is -1.26. The Morgan fingerprint density at radius 1 is 1.05 bits per heavy atom. The molecular weight excluding hydrogens is 258 g/mol. The summed E-state index contributed by atoms with van der Waals surface area (Å²) >= 11 is 0. The standard InChI is InChI=1S/C15H29NO4/c1-5-8-10-16(15(18)19-7-3)13(4)12-14(17)20-11-9-6-2/h13H,5-12H2,1-4H3. The SMILES string of the molecule is CCCCOC(=O)CC(C)N(CCCC)C(=O)OCC. The van der Waals surface area contributed by atoms with E-state index in [1.807, 2.05) is 13.8 Å². The van der Waals surface area contributed by atoms with Gasteiger partial charge in [0.25, 0.3) is 0 Å². The molecule has 0 aromatic rings. The molecule has 0 heterocycles. The van der Waals surface area contributed by atoms with Gasteiger partial charge in [0.15, 0.2) is 0 Å². The van der Waals surface area contributed by atoms with Crippen LogP contribution in [0.3, 0.4) is 0 Å². The molecule has 1 atom stereocenters. The first-order valence-corrected chi connectivity index (χ1v) is 7.65. The van der Waals surface area contributed by atoms with E-state index in [0.717, 1.165) is 25.7 Å². The van der Waals surface area contributed by atoms with Gasteiger partial charge in [-0.05, 0) is 26.7 Å². The van der Waals surface area contributed by atoms with Crippen LogP contribution in [-0.4, -0.2) is 42.8 Å². The van der Waals surface area contributed by atoms with Crippen LogP contribution in [0.5, 0.6) is 0 Å². The first-order chi connectivity index (χ1) is 9.56. The monoisotopic (exact) mass is 287 g/mol. The molecule has 1 unspecified atom stereocenters. The minimum atomic E-state index is -0.352. The van der Waals surface area contributed by atoms with E-state index in [9.17, 15) is 9.59 Å². The first-order valence-electron chi connectivity index (χ1n) is 7.65. The number of unbranched alkanes of at least 4 members (excludes halogenated alkanes) is 2. The zero-order valence-electron chi connectivity index (χ0n) is 13.3. The maximum Gasteiger partial charge on any atom is 0.409 e. The molecule has 0 N–H and O–H groups in total. The van der Waals surface area contributed by atoms with Crippen LogP contribution in [0.25, 0.3) is 0 Å². The van der Waals surface area contributed by atoms with Gasteiger partial charge >= 0.3 is 12.1 Å². The molecule has 0 aromatic heterocycles. The summed E-state index contributed by atoms with van der Waals surface area (Å²) in [6, 6.07) is -0.199. The van der Waals surface area contributed by atoms with Crippen molar-refractivity contribution < 1.29 is 19.1 Å². The van der Waals surface area contributed by atoms with E-state index in [0.29, 0.717) is 19.8 Å². The van der Waals surface area contributed by atoms with Crippen LogP contribution in [0.1, 0.15) is 59.8 Å². The first kappa shape index (κ1) is 18.7. The quantitative estimate of drug-likeness (QED) is 0.456. The molecular formula is C15H29NO4. The normalized spacial score (nSPS) is 11.8. The zero-order chi connectivity index (χ0) is 15.4. The van der Waals surface area contributed by atoms with Crippen LogP contribution in [0.4, 0.5) is 4.79 Å². The van der Waals surface area contributed by atoms with Crippen LogP contribution in [-0.2, 0) is 14.3 Å². The van der Waals surface area contributed by atoms with Gasteiger partial charge in [0.2, 0.25) is 0 Å². The molecule has 1 amide bonds. The van der Waals surface area contributed by atoms with E-state index < -0.39 is 0 Å². The molecule has 0 saturated carbocycles. The van der Waals surface area contributed by atoms with Crippen molar-refractivity contribution in [1.82, 2.24) is 4.90 Å². The maximum absolute atomic E-state index is 11.9. The van der Waals surface area contributed by atoms with Crippen molar-refractivity contribution in [2.45, 2.75) is 65.8 Å². The average Bonchev–Trinajstić information content (AvgIpc) is 2.39. The van der Waals surface area contributed by atoms with Gasteiger partial charge in [-0.15, -0.1) is 0 Å². The molecule has 0 radical (unpaired) electrons. The van der Waals surface area contributed by atoms with Gasteiger partial charge in [-0.3, -0.25) is 4.79 Å². The molecule has 5 heteroatoms. The number of hydrogen-bond donors (Lipinski definition) is 0. The maximum atomic E-state index is 11.9. The lowest BCUT2D eigenvalue weighted by Crippen LogP contribution is -2.41. The van der Waals surface area contributed by atoms with Gasteiger partial charge in [-0.25, -0.2) is 4.79 Å². The third-order valence-electron chi connectivity index (χ3n) is 3.01. The second-order valence-corrected chi connectivity index (χ2v) is 4.87. The van der Waals surface area contributed by atoms with Crippen molar-refractivity contribution in [2.75, 3.05) is 19.8 Å². The van der Waals surface area contributed by atoms with Crippen LogP contribution in [0.15, 0.2) is 0 Å². The van der Waals surface area contributed by atoms with E-state index >= 15 is 0 Å². The number of carbonyl (C=O) groups is 2. The highest BCUT2D eigenvalue weighted by molar-refractivity contribution is 5.72. The van der Waals surface area contributed by atoms with Gasteiger partial charge in [-0.1, -0.05) is 26.7 Å². The lowest BCUT2D eigenvalue weighted by atomic mass is 10.2. The van der Waals surface area contributed by atoms with E-state index in [4.69, 9.17) is 9.47 Å². The second kappa shape index (κ2) is 11.6. The van der Waals surface area contributed by atoms with Gasteiger partial charge in [0.05, 0.1) is 19.6 Å². The molecule has 0 fully saturated rings. The molecule has 20 heavy (non-hydrogen) atoms. The van der Waals surface area contributed by atoms with Crippen molar-refractivity contribution in [3.8, 4) is 0 Å². The van der Waals surface area contributed by atoms with Crippen LogP contribution in [0, 0.1) is 0 Å². The highest BCUT2D eigenvalue weighted by Gasteiger charge is 2.23. The molecule has 0 aliphatic heterocycles. The summed E-state index contributed by atoms with van der Waals surface area (Å²) < 4.78 is 10.2. The van der Waals surface area contributed by atoms with E-state index in [1.165, 1.54) is 0 Å². The van der Waals surface area contributed by atoms with Crippen molar-refractivity contribution >= 4 is 12.1 Å². The average molecular weight is 287 g/mol. The minimum absolute atomic E-state index is 0.199. The second-order valence-electron chi connectivity index (χ2n) is 4.87. The highest BCUT2D eigenvalue weighted by Crippen LogP contribution is 2.10. The summed E-state index contributed by atoms with van der Waals surface area (Å²) in [5.41, 5.74) is 0. The molecule has 0 bridgehead atoms. The van der Waals surface area contributed by atoms with Crippen LogP contribution < -0.4 is 0 Å². The fourth-order valence-corrected chi connectivity index (χ4v) is 1.77. The Bertz CT molecular complexity index is 281. The molecule has 5 nitrogen and oxygen atoms in total. The summed E-state index contributed by atoms with van der Waals surface area (Å²) in [7, 11) is 0. The lowest BCUT2D eigenvalue weighted by molar-refractivity contribution is -0.144. The number of amides is 1. The van der Waals surface area contributed by atoms with Crippen molar-refractivity contribution in [3.05, 3.63) is 0 Å². The summed E-state index contributed by atoms with van der Waals surface area (Å²) in [4.78, 5) is 25.2. The molecule has 0 rings (SSSR count). The summed E-state index contributed by atoms with van der Waals surface area (Å²) in [6.07, 6.45) is 3.62. The molecule has 118 valence electrons. The van der Waals surface area contributed by atoms with Crippen molar-refractivity contribution in [1.29, 1.82) is 0 Å².